The average Bonchev–Trinajstić information content (AvgIpc) is 2.77. The predicted molar refractivity (Wildman–Crippen MR) is 63.5 cm³/mol. The second-order valence-electron chi connectivity index (χ2n) is 3.05. The van der Waals surface area contributed by atoms with Crippen LogP contribution in [0.5, 0.6) is 5.75 Å². The number of rotatable bonds is 3. The molecule has 17 heavy (non-hydrogen) atoms. The van der Waals surface area contributed by atoms with E-state index in [0.717, 1.165) is 23.5 Å². The van der Waals surface area contributed by atoms with Gasteiger partial charge in [0.25, 0.3) is 0 Å². The minimum absolute atomic E-state index is 0.0233. The summed E-state index contributed by atoms with van der Waals surface area (Å²) < 4.78 is 41.2. The van der Waals surface area contributed by atoms with Crippen LogP contribution in [-0.4, -0.2) is 8.42 Å². The normalized spacial score (nSPS) is 11.4. The number of hydrogen-bond donors (Lipinski definition) is 0. The molecule has 0 spiro atoms. The molecular formula is C10H6ClFO3S2. The molecule has 0 amide bonds. The number of halogens is 2. The van der Waals surface area contributed by atoms with Crippen molar-refractivity contribution in [3.63, 3.8) is 0 Å². The molecular weight excluding hydrogens is 287 g/mol. The van der Waals surface area contributed by atoms with E-state index in [9.17, 15) is 12.8 Å². The van der Waals surface area contributed by atoms with E-state index < -0.39 is 15.9 Å². The SMILES string of the molecule is O=S(=O)(Oc1ccc(F)c(Cl)c1)c1cccs1. The Labute approximate surface area is 107 Å². The molecule has 0 N–H and O–H groups in total. The molecule has 0 aliphatic rings. The first kappa shape index (κ1) is 12.3. The monoisotopic (exact) mass is 292 g/mol. The highest BCUT2D eigenvalue weighted by molar-refractivity contribution is 7.89. The van der Waals surface area contributed by atoms with Crippen LogP contribution >= 0.6 is 22.9 Å². The molecule has 1 aromatic heterocycles. The van der Waals surface area contributed by atoms with Crippen LogP contribution in [0.15, 0.2) is 39.9 Å². The highest BCUT2D eigenvalue weighted by Gasteiger charge is 2.18. The highest BCUT2D eigenvalue weighted by Crippen LogP contribution is 2.25. The summed E-state index contributed by atoms with van der Waals surface area (Å²) >= 11 is 6.56. The van der Waals surface area contributed by atoms with Crippen molar-refractivity contribution in [3.05, 3.63) is 46.6 Å². The zero-order valence-corrected chi connectivity index (χ0v) is 10.7. The van der Waals surface area contributed by atoms with Crippen LogP contribution in [0.3, 0.4) is 0 Å². The molecule has 0 atom stereocenters. The third kappa shape index (κ3) is 2.77. The molecule has 0 saturated heterocycles. The lowest BCUT2D eigenvalue weighted by atomic mass is 10.3. The smallest absolute Gasteiger partial charge is 0.348 e. The van der Waals surface area contributed by atoms with E-state index in [1.54, 1.807) is 11.4 Å². The lowest BCUT2D eigenvalue weighted by Gasteiger charge is -2.05. The second kappa shape index (κ2) is 4.64. The van der Waals surface area contributed by atoms with Gasteiger partial charge in [0.05, 0.1) is 5.02 Å². The summed E-state index contributed by atoms with van der Waals surface area (Å²) in [5.41, 5.74) is 0. The van der Waals surface area contributed by atoms with Gasteiger partial charge < -0.3 is 4.18 Å². The molecule has 2 rings (SSSR count). The van der Waals surface area contributed by atoms with Gasteiger partial charge in [-0.3, -0.25) is 0 Å². The van der Waals surface area contributed by atoms with Crippen LogP contribution in [0, 0.1) is 5.82 Å². The summed E-state index contributed by atoms with van der Waals surface area (Å²) in [5.74, 6) is -0.655. The van der Waals surface area contributed by atoms with Crippen molar-refractivity contribution in [2.24, 2.45) is 0 Å². The van der Waals surface area contributed by atoms with Crippen LogP contribution in [0.25, 0.3) is 0 Å². The Morgan fingerprint density at radius 2 is 2.06 bits per heavy atom. The largest absolute Gasteiger partial charge is 0.378 e. The summed E-state index contributed by atoms with van der Waals surface area (Å²) in [6.07, 6.45) is 0. The number of thiophene rings is 1. The zero-order chi connectivity index (χ0) is 12.5. The highest BCUT2D eigenvalue weighted by atomic mass is 35.5. The number of benzene rings is 1. The van der Waals surface area contributed by atoms with Crippen molar-refractivity contribution in [2.45, 2.75) is 4.21 Å². The molecule has 2 aromatic rings. The first-order valence-corrected chi connectivity index (χ1v) is 7.09. The van der Waals surface area contributed by atoms with E-state index in [0.29, 0.717) is 0 Å². The molecule has 0 aliphatic heterocycles. The first-order valence-electron chi connectivity index (χ1n) is 4.42. The minimum Gasteiger partial charge on any atom is -0.378 e. The Balaban J connectivity index is 2.30. The third-order valence-electron chi connectivity index (χ3n) is 1.84. The first-order chi connectivity index (χ1) is 7.99. The van der Waals surface area contributed by atoms with Crippen molar-refractivity contribution in [2.75, 3.05) is 0 Å². The molecule has 90 valence electrons. The zero-order valence-electron chi connectivity index (χ0n) is 8.26. The Morgan fingerprint density at radius 1 is 1.29 bits per heavy atom. The van der Waals surface area contributed by atoms with Gasteiger partial charge in [-0.2, -0.15) is 8.42 Å². The van der Waals surface area contributed by atoms with Gasteiger partial charge in [-0.1, -0.05) is 17.7 Å². The fraction of sp³-hybridized carbons (Fsp3) is 0. The Morgan fingerprint density at radius 3 is 2.65 bits per heavy atom. The van der Waals surface area contributed by atoms with Crippen LogP contribution in [0.4, 0.5) is 4.39 Å². The van der Waals surface area contributed by atoms with Crippen molar-refractivity contribution < 1.29 is 17.0 Å². The van der Waals surface area contributed by atoms with E-state index in [1.807, 2.05) is 0 Å². The van der Waals surface area contributed by atoms with Gasteiger partial charge in [0.15, 0.2) is 4.21 Å². The molecule has 0 radical (unpaired) electrons. The van der Waals surface area contributed by atoms with Crippen molar-refractivity contribution >= 4 is 33.1 Å². The van der Waals surface area contributed by atoms with E-state index in [4.69, 9.17) is 15.8 Å². The van der Waals surface area contributed by atoms with Gasteiger partial charge in [-0.25, -0.2) is 4.39 Å². The predicted octanol–water partition coefficient (Wildman–Crippen LogP) is 3.31. The van der Waals surface area contributed by atoms with Gasteiger partial charge in [0.2, 0.25) is 0 Å². The molecule has 0 saturated carbocycles. The summed E-state index contributed by atoms with van der Waals surface area (Å²) in [6, 6.07) is 6.37. The van der Waals surface area contributed by atoms with Gasteiger partial charge in [0, 0.05) is 6.07 Å². The van der Waals surface area contributed by atoms with Gasteiger partial charge in [0.1, 0.15) is 11.6 Å². The van der Waals surface area contributed by atoms with Crippen molar-refractivity contribution in [1.29, 1.82) is 0 Å². The van der Waals surface area contributed by atoms with E-state index in [2.05, 4.69) is 0 Å². The molecule has 1 heterocycles. The second-order valence-corrected chi connectivity index (χ2v) is 6.17. The third-order valence-corrected chi connectivity index (χ3v) is 4.73. The fourth-order valence-corrected chi connectivity index (χ4v) is 3.15. The Kier molecular flexibility index (Phi) is 3.37. The molecule has 3 nitrogen and oxygen atoms in total. The van der Waals surface area contributed by atoms with Crippen molar-refractivity contribution in [1.82, 2.24) is 0 Å². The van der Waals surface area contributed by atoms with Gasteiger partial charge >= 0.3 is 10.1 Å². The summed E-state index contributed by atoms with van der Waals surface area (Å²) in [7, 11) is -3.86. The van der Waals surface area contributed by atoms with Gasteiger partial charge in [-0.05, 0) is 23.6 Å². The topological polar surface area (TPSA) is 43.4 Å². The maximum Gasteiger partial charge on any atom is 0.348 e. The van der Waals surface area contributed by atoms with Gasteiger partial charge in [-0.15, -0.1) is 11.3 Å². The molecule has 0 aliphatic carbocycles. The minimum atomic E-state index is -3.86. The maximum atomic E-state index is 12.9. The van der Waals surface area contributed by atoms with Crippen molar-refractivity contribution in [3.8, 4) is 5.75 Å². The lowest BCUT2D eigenvalue weighted by Crippen LogP contribution is -2.07. The lowest BCUT2D eigenvalue weighted by molar-refractivity contribution is 0.487. The Bertz CT molecular complexity index is 623. The fourth-order valence-electron chi connectivity index (χ4n) is 1.10. The summed E-state index contributed by atoms with van der Waals surface area (Å²) in [6.45, 7) is 0. The molecule has 0 fully saturated rings. The average molecular weight is 293 g/mol. The Hall–Kier alpha value is -1.11. The molecule has 1 aromatic carbocycles. The summed E-state index contributed by atoms with van der Waals surface area (Å²) in [4.78, 5) is 0. The molecule has 7 heteroatoms. The van der Waals surface area contributed by atoms with Crippen LogP contribution in [0.1, 0.15) is 0 Å². The maximum absolute atomic E-state index is 12.9. The van der Waals surface area contributed by atoms with E-state index in [1.165, 1.54) is 12.1 Å². The van der Waals surface area contributed by atoms with Crippen LogP contribution in [-0.2, 0) is 10.1 Å². The number of hydrogen-bond acceptors (Lipinski definition) is 4. The molecule has 0 bridgehead atoms. The van der Waals surface area contributed by atoms with E-state index in [-0.39, 0.29) is 15.0 Å². The standard InChI is InChI=1S/C10H6ClFO3S2/c11-8-6-7(3-4-9(8)12)15-17(13,14)10-2-1-5-16-10/h1-6H. The molecule has 0 unspecified atom stereocenters. The quantitative estimate of drug-likeness (QED) is 0.815. The summed E-state index contributed by atoms with van der Waals surface area (Å²) in [5, 5.41) is 1.43. The van der Waals surface area contributed by atoms with Crippen LogP contribution < -0.4 is 4.18 Å². The van der Waals surface area contributed by atoms with Crippen LogP contribution in [0.2, 0.25) is 5.02 Å². The van der Waals surface area contributed by atoms with E-state index >= 15 is 0 Å².